The number of piperidine rings is 1. The first kappa shape index (κ1) is 30.0. The summed E-state index contributed by atoms with van der Waals surface area (Å²) in [5, 5.41) is 19.7. The SMILES string of the molecule is CCCCN(C(=O)c1ccc(C)cc1Cl)c1nnc(-c2cc(C)c(OCCN3CCC(C(=O)O)CC3)c(C)c2)s1. The van der Waals surface area contributed by atoms with E-state index < -0.39 is 5.97 Å². The molecule has 10 heteroatoms. The molecule has 0 spiro atoms. The number of amides is 1. The van der Waals surface area contributed by atoms with Crippen LogP contribution in [0.2, 0.25) is 5.02 Å². The van der Waals surface area contributed by atoms with Gasteiger partial charge in [-0.2, -0.15) is 0 Å². The smallest absolute Gasteiger partial charge is 0.306 e. The van der Waals surface area contributed by atoms with E-state index in [4.69, 9.17) is 16.3 Å². The number of aromatic nitrogens is 2. The van der Waals surface area contributed by atoms with Crippen LogP contribution in [0.1, 0.15) is 59.7 Å². The molecular weight excluding hydrogens is 548 g/mol. The number of carbonyl (C=O) groups excluding carboxylic acids is 1. The molecule has 0 aliphatic carbocycles. The van der Waals surface area contributed by atoms with Crippen molar-refractivity contribution >= 4 is 39.9 Å². The first-order valence-electron chi connectivity index (χ1n) is 13.8. The highest BCUT2D eigenvalue weighted by Crippen LogP contribution is 2.35. The lowest BCUT2D eigenvalue weighted by Crippen LogP contribution is -2.38. The van der Waals surface area contributed by atoms with Gasteiger partial charge < -0.3 is 9.84 Å². The number of ether oxygens (including phenoxy) is 1. The first-order chi connectivity index (χ1) is 19.2. The van der Waals surface area contributed by atoms with E-state index in [1.54, 1.807) is 17.0 Å². The highest BCUT2D eigenvalue weighted by Gasteiger charge is 2.25. The molecular formula is C30H37ClN4O4S. The third-order valence-electron chi connectivity index (χ3n) is 7.28. The van der Waals surface area contributed by atoms with E-state index in [1.165, 1.54) is 11.3 Å². The van der Waals surface area contributed by atoms with Crippen molar-refractivity contribution in [1.82, 2.24) is 15.1 Å². The summed E-state index contributed by atoms with van der Waals surface area (Å²) in [7, 11) is 0. The Labute approximate surface area is 244 Å². The number of aryl methyl sites for hydroxylation is 3. The fourth-order valence-corrected chi connectivity index (χ4v) is 6.13. The van der Waals surface area contributed by atoms with Crippen LogP contribution in [0, 0.1) is 26.7 Å². The molecule has 0 unspecified atom stereocenters. The molecule has 0 bridgehead atoms. The zero-order chi connectivity index (χ0) is 28.8. The van der Waals surface area contributed by atoms with Crippen LogP contribution in [0.4, 0.5) is 5.13 Å². The summed E-state index contributed by atoms with van der Waals surface area (Å²) in [4.78, 5) is 28.6. The lowest BCUT2D eigenvalue weighted by Gasteiger charge is -2.30. The van der Waals surface area contributed by atoms with Gasteiger partial charge in [0.25, 0.3) is 5.91 Å². The van der Waals surface area contributed by atoms with E-state index in [9.17, 15) is 14.7 Å². The van der Waals surface area contributed by atoms with E-state index in [1.807, 2.05) is 39.0 Å². The Morgan fingerprint density at radius 3 is 2.45 bits per heavy atom. The summed E-state index contributed by atoms with van der Waals surface area (Å²) < 4.78 is 6.17. The van der Waals surface area contributed by atoms with Crippen LogP contribution in [0.3, 0.4) is 0 Å². The molecule has 3 aromatic rings. The van der Waals surface area contributed by atoms with Crippen molar-refractivity contribution in [1.29, 1.82) is 0 Å². The fourth-order valence-electron chi connectivity index (χ4n) is 4.96. The molecule has 1 saturated heterocycles. The number of halogens is 1. The second-order valence-electron chi connectivity index (χ2n) is 10.4. The Hall–Kier alpha value is -3.01. The lowest BCUT2D eigenvalue weighted by molar-refractivity contribution is -0.143. The van der Waals surface area contributed by atoms with E-state index >= 15 is 0 Å². The summed E-state index contributed by atoms with van der Waals surface area (Å²) >= 11 is 7.81. The van der Waals surface area contributed by atoms with Gasteiger partial charge in [-0.15, -0.1) is 10.2 Å². The van der Waals surface area contributed by atoms with Crippen LogP contribution in [0.25, 0.3) is 10.6 Å². The third kappa shape index (κ3) is 7.19. The molecule has 1 amide bonds. The summed E-state index contributed by atoms with van der Waals surface area (Å²) in [5.41, 5.74) is 4.39. The van der Waals surface area contributed by atoms with Gasteiger partial charge in [0.2, 0.25) is 5.13 Å². The van der Waals surface area contributed by atoms with Crippen LogP contribution in [-0.4, -0.2) is 64.9 Å². The number of carboxylic acid groups (broad SMARTS) is 1. The third-order valence-corrected chi connectivity index (χ3v) is 8.59. The lowest BCUT2D eigenvalue weighted by atomic mass is 9.97. The van der Waals surface area contributed by atoms with Gasteiger partial charge in [0, 0.05) is 18.7 Å². The zero-order valence-corrected chi connectivity index (χ0v) is 25.1. The number of carboxylic acids is 1. The fraction of sp³-hybridized carbons (Fsp3) is 0.467. The molecule has 2 heterocycles. The number of anilines is 1. The van der Waals surface area contributed by atoms with Crippen molar-refractivity contribution in [3.8, 4) is 16.3 Å². The number of nitrogens with zero attached hydrogens (tertiary/aromatic N) is 4. The Kier molecular flexibility index (Phi) is 10.2. The molecule has 1 fully saturated rings. The maximum absolute atomic E-state index is 13.5. The minimum Gasteiger partial charge on any atom is -0.492 e. The number of hydrogen-bond acceptors (Lipinski definition) is 7. The molecule has 0 atom stereocenters. The predicted octanol–water partition coefficient (Wildman–Crippen LogP) is 6.41. The normalized spacial score (nSPS) is 14.3. The van der Waals surface area contributed by atoms with Crippen molar-refractivity contribution in [2.45, 2.75) is 53.4 Å². The molecule has 0 radical (unpaired) electrons. The van der Waals surface area contributed by atoms with Gasteiger partial charge in [0.1, 0.15) is 17.4 Å². The number of unbranched alkanes of at least 4 members (excludes halogenated alkanes) is 1. The van der Waals surface area contributed by atoms with Crippen molar-refractivity contribution < 1.29 is 19.4 Å². The van der Waals surface area contributed by atoms with Crippen LogP contribution >= 0.6 is 22.9 Å². The minimum atomic E-state index is -0.694. The number of hydrogen-bond donors (Lipinski definition) is 1. The molecule has 0 saturated carbocycles. The van der Waals surface area contributed by atoms with E-state index in [0.29, 0.717) is 41.7 Å². The van der Waals surface area contributed by atoms with Gasteiger partial charge in [-0.3, -0.25) is 19.4 Å². The molecule has 1 aliphatic heterocycles. The predicted molar refractivity (Wildman–Crippen MR) is 160 cm³/mol. The average molecular weight is 585 g/mol. The molecule has 214 valence electrons. The summed E-state index contributed by atoms with van der Waals surface area (Å²) in [6.45, 7) is 11.5. The molecule has 4 rings (SSSR count). The maximum atomic E-state index is 13.5. The topological polar surface area (TPSA) is 95.9 Å². The second kappa shape index (κ2) is 13.6. The van der Waals surface area contributed by atoms with Crippen molar-refractivity contribution in [3.05, 3.63) is 57.6 Å². The van der Waals surface area contributed by atoms with Crippen LogP contribution in [0.15, 0.2) is 30.3 Å². The largest absolute Gasteiger partial charge is 0.492 e. The molecule has 40 heavy (non-hydrogen) atoms. The monoisotopic (exact) mass is 584 g/mol. The van der Waals surface area contributed by atoms with Crippen molar-refractivity contribution in [3.63, 3.8) is 0 Å². The molecule has 1 aliphatic rings. The number of aliphatic carboxylic acids is 1. The summed E-state index contributed by atoms with van der Waals surface area (Å²) in [6, 6.07) is 9.54. The van der Waals surface area contributed by atoms with Gasteiger partial charge in [-0.1, -0.05) is 42.3 Å². The number of likely N-dealkylation sites (tertiary alicyclic amines) is 1. The van der Waals surface area contributed by atoms with Crippen LogP contribution in [0.5, 0.6) is 5.75 Å². The van der Waals surface area contributed by atoms with Crippen molar-refractivity contribution in [2.75, 3.05) is 37.7 Å². The van der Waals surface area contributed by atoms with E-state index in [-0.39, 0.29) is 11.8 Å². The van der Waals surface area contributed by atoms with Crippen LogP contribution < -0.4 is 9.64 Å². The van der Waals surface area contributed by atoms with E-state index in [0.717, 1.165) is 65.5 Å². The summed E-state index contributed by atoms with van der Waals surface area (Å²) in [6.07, 6.45) is 3.15. The number of benzene rings is 2. The van der Waals surface area contributed by atoms with Gasteiger partial charge in [0.05, 0.1) is 16.5 Å². The second-order valence-corrected chi connectivity index (χ2v) is 11.8. The van der Waals surface area contributed by atoms with E-state index in [2.05, 4.69) is 22.0 Å². The first-order valence-corrected chi connectivity index (χ1v) is 15.0. The Morgan fingerprint density at radius 1 is 1.12 bits per heavy atom. The highest BCUT2D eigenvalue weighted by atomic mass is 35.5. The van der Waals surface area contributed by atoms with Gasteiger partial charge in [-0.05, 0) is 94.1 Å². The highest BCUT2D eigenvalue weighted by molar-refractivity contribution is 7.18. The molecule has 1 N–H and O–H groups in total. The number of rotatable bonds is 11. The Morgan fingerprint density at radius 2 is 1.82 bits per heavy atom. The average Bonchev–Trinajstić information content (AvgIpc) is 3.40. The molecule has 1 aromatic heterocycles. The quantitative estimate of drug-likeness (QED) is 0.278. The Bertz CT molecular complexity index is 1330. The summed E-state index contributed by atoms with van der Waals surface area (Å²) in [5.74, 6) is -0.250. The van der Waals surface area contributed by atoms with Crippen LogP contribution in [-0.2, 0) is 4.79 Å². The zero-order valence-electron chi connectivity index (χ0n) is 23.6. The van der Waals surface area contributed by atoms with Gasteiger partial charge in [-0.25, -0.2) is 0 Å². The van der Waals surface area contributed by atoms with Crippen molar-refractivity contribution in [2.24, 2.45) is 5.92 Å². The Balaban J connectivity index is 1.45. The molecule has 2 aromatic carbocycles. The van der Waals surface area contributed by atoms with Gasteiger partial charge in [0.15, 0.2) is 0 Å². The molecule has 8 nitrogen and oxygen atoms in total. The number of carbonyl (C=O) groups is 2. The van der Waals surface area contributed by atoms with Gasteiger partial charge >= 0.3 is 5.97 Å². The minimum absolute atomic E-state index is 0.176. The maximum Gasteiger partial charge on any atom is 0.306 e. The standard InChI is InChI=1S/C30H37ClN4O4S/c1-5-6-11-35(28(36)24-8-7-19(2)16-25(24)31)30-33-32-27(40-30)23-17-20(3)26(21(4)18-23)39-15-14-34-12-9-22(10-13-34)29(37)38/h7-8,16-18,22H,5-6,9-15H2,1-4H3,(H,37,38).